The first-order chi connectivity index (χ1) is 5.25. The molecule has 0 radical (unpaired) electrons. The second-order valence-electron chi connectivity index (χ2n) is 2.42. The summed E-state index contributed by atoms with van der Waals surface area (Å²) in [4.78, 5) is 0. The van der Waals surface area contributed by atoms with Gasteiger partial charge in [0.05, 0.1) is 7.11 Å². The van der Waals surface area contributed by atoms with Crippen molar-refractivity contribution in [2.45, 2.75) is 6.92 Å². The van der Waals surface area contributed by atoms with E-state index in [4.69, 9.17) is 4.74 Å². The summed E-state index contributed by atoms with van der Waals surface area (Å²) >= 11 is 0. The van der Waals surface area contributed by atoms with E-state index in [2.05, 4.69) is 6.58 Å². The van der Waals surface area contributed by atoms with Crippen LogP contribution in [0.5, 0.6) is 0 Å². The monoisotopic (exact) mass is 148 g/mol. The average Bonchev–Trinajstić information content (AvgIpc) is 2.04. The number of benzene rings is 1. The quantitative estimate of drug-likeness (QED) is 0.574. The molecule has 0 aliphatic carbocycles. The molecule has 0 aliphatic heterocycles. The lowest BCUT2D eigenvalue weighted by molar-refractivity contribution is 0.360. The fraction of sp³-hybridized carbons (Fsp3) is 0.200. The molecule has 0 bridgehead atoms. The Labute approximate surface area is 66.6 Å². The fourth-order valence-corrected chi connectivity index (χ4v) is 0.974. The predicted octanol–water partition coefficient (Wildman–Crippen LogP) is 0.871. The van der Waals surface area contributed by atoms with E-state index in [1.165, 1.54) is 0 Å². The summed E-state index contributed by atoms with van der Waals surface area (Å²) in [6.45, 7) is 5.82. The molecule has 0 aromatic heterocycles. The topological polar surface area (TPSA) is 9.23 Å². The summed E-state index contributed by atoms with van der Waals surface area (Å²) in [5.41, 5.74) is 0. The van der Waals surface area contributed by atoms with Gasteiger partial charge in [0, 0.05) is 5.22 Å². The summed E-state index contributed by atoms with van der Waals surface area (Å²) in [6.07, 6.45) is 0. The number of methoxy groups -OCH3 is 1. The molecule has 58 valence electrons. The van der Waals surface area contributed by atoms with E-state index in [9.17, 15) is 0 Å². The Balaban J connectivity index is 3.46. The van der Waals surface area contributed by atoms with Gasteiger partial charge in [0.2, 0.25) is 0 Å². The van der Waals surface area contributed by atoms with Crippen LogP contribution < -0.4 is 10.4 Å². The molecule has 0 fully saturated rings. The van der Waals surface area contributed by atoms with E-state index in [1.54, 1.807) is 7.11 Å². The van der Waals surface area contributed by atoms with Crippen LogP contribution in [0.2, 0.25) is 0 Å². The highest BCUT2D eigenvalue weighted by atomic mass is 16.5. The molecule has 0 amide bonds. The third-order valence-electron chi connectivity index (χ3n) is 1.70. The molecule has 0 aliphatic rings. The van der Waals surface area contributed by atoms with Crippen molar-refractivity contribution in [3.8, 4) is 0 Å². The van der Waals surface area contributed by atoms with Crippen LogP contribution in [0.3, 0.4) is 0 Å². The maximum atomic E-state index is 5.09. The number of hydrogen-bond acceptors (Lipinski definition) is 1. The minimum atomic E-state index is 0.913. The standard InChI is InChI=1S/C10H12O/c1-8-6-4-5-7-10(8)9(2)11-3/h4-7H,1H2,2-3H3/b10-9-. The summed E-state index contributed by atoms with van der Waals surface area (Å²) < 4.78 is 5.09. The highest BCUT2D eigenvalue weighted by molar-refractivity contribution is 5.34. The van der Waals surface area contributed by atoms with Gasteiger partial charge in [-0.1, -0.05) is 30.8 Å². The van der Waals surface area contributed by atoms with Gasteiger partial charge in [0.15, 0.2) is 0 Å². The lowest BCUT2D eigenvalue weighted by Gasteiger charge is -1.97. The van der Waals surface area contributed by atoms with Crippen molar-refractivity contribution in [1.29, 1.82) is 0 Å². The zero-order valence-corrected chi connectivity index (χ0v) is 6.92. The Morgan fingerprint density at radius 2 is 2.00 bits per heavy atom. The summed E-state index contributed by atoms with van der Waals surface area (Å²) in [6, 6.07) is 7.92. The van der Waals surface area contributed by atoms with E-state index < -0.39 is 0 Å². The van der Waals surface area contributed by atoms with Crippen LogP contribution in [0.4, 0.5) is 0 Å². The van der Waals surface area contributed by atoms with Gasteiger partial charge in [-0.05, 0) is 12.1 Å². The predicted molar refractivity (Wildman–Crippen MR) is 47.3 cm³/mol. The molecule has 11 heavy (non-hydrogen) atoms. The molecule has 0 saturated carbocycles. The molecule has 0 spiro atoms. The fourth-order valence-electron chi connectivity index (χ4n) is 0.974. The van der Waals surface area contributed by atoms with E-state index in [0.29, 0.717) is 0 Å². The first-order valence-corrected chi connectivity index (χ1v) is 3.54. The molecule has 0 saturated heterocycles. The van der Waals surface area contributed by atoms with E-state index in [0.717, 1.165) is 16.2 Å². The molecule has 1 aromatic carbocycles. The third-order valence-corrected chi connectivity index (χ3v) is 1.70. The lowest BCUT2D eigenvalue weighted by atomic mass is 10.2. The molecule has 1 heteroatoms. The third kappa shape index (κ3) is 1.61. The van der Waals surface area contributed by atoms with E-state index in [1.807, 2.05) is 31.2 Å². The molecule has 0 N–H and O–H groups in total. The zero-order chi connectivity index (χ0) is 8.27. The van der Waals surface area contributed by atoms with Crippen molar-refractivity contribution >= 4 is 12.3 Å². The average molecular weight is 148 g/mol. The molecule has 0 unspecified atom stereocenters. The molecule has 1 nitrogen and oxygen atoms in total. The van der Waals surface area contributed by atoms with Crippen molar-refractivity contribution < 1.29 is 4.74 Å². The Hall–Kier alpha value is -1.24. The van der Waals surface area contributed by atoms with Gasteiger partial charge in [-0.3, -0.25) is 0 Å². The molecule has 0 atom stereocenters. The van der Waals surface area contributed by atoms with Gasteiger partial charge in [-0.15, -0.1) is 0 Å². The van der Waals surface area contributed by atoms with Gasteiger partial charge in [0.1, 0.15) is 5.76 Å². The largest absolute Gasteiger partial charge is 0.501 e. The zero-order valence-electron chi connectivity index (χ0n) is 6.92. The molecule has 1 rings (SSSR count). The SMILES string of the molecule is C=c1cccc/c1=C(\C)OC. The van der Waals surface area contributed by atoms with Crippen molar-refractivity contribution in [1.82, 2.24) is 0 Å². The highest BCUT2D eigenvalue weighted by Gasteiger charge is 1.87. The van der Waals surface area contributed by atoms with Gasteiger partial charge < -0.3 is 4.74 Å². The van der Waals surface area contributed by atoms with Crippen LogP contribution in [0, 0.1) is 0 Å². The number of hydrogen-bond donors (Lipinski definition) is 0. The smallest absolute Gasteiger partial charge is 0.100 e. The van der Waals surface area contributed by atoms with Gasteiger partial charge in [-0.2, -0.15) is 0 Å². The van der Waals surface area contributed by atoms with Crippen molar-refractivity contribution in [2.75, 3.05) is 7.11 Å². The summed E-state index contributed by atoms with van der Waals surface area (Å²) in [7, 11) is 1.67. The second kappa shape index (κ2) is 3.24. The lowest BCUT2D eigenvalue weighted by Crippen LogP contribution is -2.24. The van der Waals surface area contributed by atoms with Crippen LogP contribution in [-0.4, -0.2) is 7.11 Å². The Morgan fingerprint density at radius 3 is 2.55 bits per heavy atom. The molecule has 1 aromatic rings. The maximum absolute atomic E-state index is 5.09. The minimum absolute atomic E-state index is 0.913. The van der Waals surface area contributed by atoms with Crippen LogP contribution in [-0.2, 0) is 4.74 Å². The van der Waals surface area contributed by atoms with Crippen LogP contribution in [0.1, 0.15) is 6.92 Å². The van der Waals surface area contributed by atoms with E-state index >= 15 is 0 Å². The Kier molecular flexibility index (Phi) is 2.32. The van der Waals surface area contributed by atoms with Gasteiger partial charge in [-0.25, -0.2) is 0 Å². The molecular weight excluding hydrogens is 136 g/mol. The van der Waals surface area contributed by atoms with Crippen LogP contribution in [0.15, 0.2) is 24.3 Å². The number of rotatable bonds is 1. The first-order valence-electron chi connectivity index (χ1n) is 3.54. The van der Waals surface area contributed by atoms with Gasteiger partial charge in [0.25, 0.3) is 0 Å². The summed E-state index contributed by atoms with van der Waals surface area (Å²) in [5.74, 6) is 0.913. The maximum Gasteiger partial charge on any atom is 0.100 e. The Bertz CT molecular complexity index is 338. The van der Waals surface area contributed by atoms with Gasteiger partial charge >= 0.3 is 0 Å². The van der Waals surface area contributed by atoms with Crippen LogP contribution >= 0.6 is 0 Å². The number of ether oxygens (including phenoxy) is 1. The second-order valence-corrected chi connectivity index (χ2v) is 2.42. The molecular formula is C10H12O. The van der Waals surface area contributed by atoms with Crippen molar-refractivity contribution in [3.05, 3.63) is 34.7 Å². The van der Waals surface area contributed by atoms with Crippen molar-refractivity contribution in [2.24, 2.45) is 0 Å². The molecule has 0 heterocycles. The van der Waals surface area contributed by atoms with Crippen molar-refractivity contribution in [3.63, 3.8) is 0 Å². The highest BCUT2D eigenvalue weighted by Crippen LogP contribution is 1.86. The Morgan fingerprint density at radius 1 is 1.36 bits per heavy atom. The normalized spacial score (nSPS) is 12.5. The van der Waals surface area contributed by atoms with E-state index in [-0.39, 0.29) is 0 Å². The first kappa shape index (κ1) is 7.86. The minimum Gasteiger partial charge on any atom is -0.501 e. The van der Waals surface area contributed by atoms with Crippen LogP contribution in [0.25, 0.3) is 12.3 Å². The summed E-state index contributed by atoms with van der Waals surface area (Å²) in [5, 5.41) is 2.09.